The lowest BCUT2D eigenvalue weighted by Crippen LogP contribution is -2.31. The molecular weight excluding hydrogens is 656 g/mol. The van der Waals surface area contributed by atoms with Crippen LogP contribution in [-0.2, 0) is 28.7 Å². The number of esters is 2. The van der Waals surface area contributed by atoms with Crippen LogP contribution in [0, 0.1) is 0 Å². The third-order valence-electron chi connectivity index (χ3n) is 8.10. The number of Topliss-reactive ketones (excluding diaryl/α,β-unsaturated/α-hetero) is 2. The Morgan fingerprint density at radius 1 is 0.580 bits per heavy atom. The highest BCUT2D eigenvalue weighted by Gasteiger charge is 2.44. The van der Waals surface area contributed by atoms with Crippen LogP contribution in [0.3, 0.4) is 0 Å². The lowest BCUT2D eigenvalue weighted by molar-refractivity contribution is -0.142. The number of ether oxygens (including phenoxy) is 2. The molecule has 50 heavy (non-hydrogen) atoms. The number of carboxylic acid groups (broad SMARTS) is 2. The summed E-state index contributed by atoms with van der Waals surface area (Å²) in [6.45, 7) is 0. The van der Waals surface area contributed by atoms with E-state index in [1.54, 1.807) is 0 Å². The molecule has 0 radical (unpaired) electrons. The van der Waals surface area contributed by atoms with Crippen molar-refractivity contribution in [2.24, 2.45) is 0 Å². The number of carboxylic acids is 2. The van der Waals surface area contributed by atoms with E-state index in [4.69, 9.17) is 18.3 Å². The van der Waals surface area contributed by atoms with Crippen molar-refractivity contribution in [1.29, 1.82) is 0 Å². The first-order chi connectivity index (χ1) is 23.8. The number of rotatable bonds is 12. The lowest BCUT2D eigenvalue weighted by atomic mass is 9.78. The first-order valence-corrected chi connectivity index (χ1v) is 14.8. The quantitative estimate of drug-likeness (QED) is 0.109. The highest BCUT2D eigenvalue weighted by Crippen LogP contribution is 2.43. The minimum atomic E-state index is -1.43. The number of aliphatic hydroxyl groups is 2. The molecule has 0 saturated heterocycles. The summed E-state index contributed by atoms with van der Waals surface area (Å²) in [6.07, 6.45) is -1.20. The third kappa shape index (κ3) is 6.80. The highest BCUT2D eigenvalue weighted by atomic mass is 16.5. The highest BCUT2D eigenvalue weighted by molar-refractivity contribution is 6.24. The maximum atomic E-state index is 13.8. The molecule has 256 valence electrons. The summed E-state index contributed by atoms with van der Waals surface area (Å²) in [4.78, 5) is 75.1. The molecule has 0 spiro atoms. The molecule has 5 rings (SSSR count). The number of aliphatic hydroxyl groups excluding tert-OH is 2. The van der Waals surface area contributed by atoms with Crippen LogP contribution in [0.15, 0.2) is 104 Å². The van der Waals surface area contributed by atoms with Gasteiger partial charge in [0.25, 0.3) is 0 Å². The largest absolute Gasteiger partial charge is 0.504 e. The molecule has 1 aliphatic rings. The monoisotopic (exact) mass is 684 g/mol. The first-order valence-electron chi connectivity index (χ1n) is 14.8. The number of aromatic carboxylic acids is 2. The fourth-order valence-electron chi connectivity index (χ4n) is 5.50. The number of allylic oxidation sites excluding steroid dienone is 2. The van der Waals surface area contributed by atoms with Gasteiger partial charge in [-0.15, -0.1) is 0 Å². The van der Waals surface area contributed by atoms with Gasteiger partial charge in [-0.1, -0.05) is 24.3 Å². The molecule has 14 nitrogen and oxygen atoms in total. The van der Waals surface area contributed by atoms with E-state index in [-0.39, 0.29) is 34.2 Å². The van der Waals surface area contributed by atoms with Crippen molar-refractivity contribution in [2.75, 3.05) is 14.2 Å². The fraction of sp³-hybridized carbons (Fsp3) is 0.167. The molecule has 14 heteroatoms. The molecule has 0 bridgehead atoms. The predicted molar refractivity (Wildman–Crippen MR) is 170 cm³/mol. The van der Waals surface area contributed by atoms with Gasteiger partial charge in [0.2, 0.25) is 11.6 Å². The summed E-state index contributed by atoms with van der Waals surface area (Å²) in [6, 6.07) is 17.0. The molecule has 0 aliphatic heterocycles. The topological polar surface area (TPSA) is 228 Å². The smallest absolute Gasteiger partial charge is 0.335 e. The molecule has 0 saturated carbocycles. The normalized spacial score (nSPS) is 14.4. The molecule has 0 unspecified atom stereocenters. The van der Waals surface area contributed by atoms with Gasteiger partial charge in [0.1, 0.15) is 23.0 Å². The van der Waals surface area contributed by atoms with Crippen molar-refractivity contribution in [2.45, 2.75) is 24.7 Å². The van der Waals surface area contributed by atoms with Crippen LogP contribution in [0.1, 0.15) is 56.9 Å². The van der Waals surface area contributed by atoms with Gasteiger partial charge < -0.3 is 38.7 Å². The van der Waals surface area contributed by atoms with E-state index >= 15 is 0 Å². The molecular formula is C36H28O14. The third-order valence-corrected chi connectivity index (χ3v) is 8.10. The van der Waals surface area contributed by atoms with E-state index in [2.05, 4.69) is 0 Å². The summed E-state index contributed by atoms with van der Waals surface area (Å²) in [5, 5.41) is 40.9. The van der Waals surface area contributed by atoms with Crippen LogP contribution in [0.5, 0.6) is 0 Å². The van der Waals surface area contributed by atoms with Gasteiger partial charge in [0.15, 0.2) is 11.5 Å². The van der Waals surface area contributed by atoms with E-state index in [0.717, 1.165) is 14.2 Å². The summed E-state index contributed by atoms with van der Waals surface area (Å²) >= 11 is 0. The minimum absolute atomic E-state index is 0.0224. The van der Waals surface area contributed by atoms with Gasteiger partial charge in [-0.05, 0) is 48.5 Å². The Labute approximate surface area is 282 Å². The van der Waals surface area contributed by atoms with Crippen molar-refractivity contribution in [3.05, 3.63) is 118 Å². The van der Waals surface area contributed by atoms with Crippen molar-refractivity contribution >= 4 is 35.4 Å². The molecule has 2 aromatic carbocycles. The molecule has 4 aromatic rings. The minimum Gasteiger partial charge on any atom is -0.504 e. The summed E-state index contributed by atoms with van der Waals surface area (Å²) in [5.41, 5.74) is -0.413. The van der Waals surface area contributed by atoms with Crippen molar-refractivity contribution in [3.63, 3.8) is 0 Å². The second-order valence-corrected chi connectivity index (χ2v) is 11.0. The average Bonchev–Trinajstić information content (AvgIpc) is 3.81. The second-order valence-electron chi connectivity index (χ2n) is 11.0. The number of benzene rings is 2. The van der Waals surface area contributed by atoms with Crippen LogP contribution in [0.25, 0.3) is 22.6 Å². The molecule has 0 amide bonds. The van der Waals surface area contributed by atoms with Gasteiger partial charge in [-0.3, -0.25) is 19.2 Å². The van der Waals surface area contributed by atoms with Gasteiger partial charge in [-0.2, -0.15) is 0 Å². The van der Waals surface area contributed by atoms with E-state index in [0.29, 0.717) is 11.1 Å². The van der Waals surface area contributed by atoms with Crippen LogP contribution in [0.4, 0.5) is 0 Å². The van der Waals surface area contributed by atoms with Crippen molar-refractivity contribution in [1.82, 2.24) is 0 Å². The Morgan fingerprint density at radius 2 is 0.920 bits per heavy atom. The van der Waals surface area contributed by atoms with Crippen LogP contribution in [0.2, 0.25) is 0 Å². The van der Waals surface area contributed by atoms with Gasteiger partial charge in [0.05, 0.1) is 61.2 Å². The van der Waals surface area contributed by atoms with Gasteiger partial charge in [0, 0.05) is 11.1 Å². The number of carbonyl (C=O) groups excluding carboxylic acids is 4. The second kappa shape index (κ2) is 14.2. The Balaban J connectivity index is 1.54. The first kappa shape index (κ1) is 34.6. The van der Waals surface area contributed by atoms with E-state index in [1.165, 1.54) is 72.8 Å². The summed E-state index contributed by atoms with van der Waals surface area (Å²) in [7, 11) is 2.17. The summed E-state index contributed by atoms with van der Waals surface area (Å²) < 4.78 is 21.3. The Hall–Kier alpha value is -6.70. The number of hydrogen-bond donors (Lipinski definition) is 4. The number of ketones is 2. The zero-order chi connectivity index (χ0) is 36.3. The Kier molecular flexibility index (Phi) is 9.83. The van der Waals surface area contributed by atoms with Crippen molar-refractivity contribution in [3.8, 4) is 22.6 Å². The number of methoxy groups -OCH3 is 2. The maximum absolute atomic E-state index is 13.8. The number of furan rings is 2. The molecule has 1 aliphatic carbocycles. The zero-order valence-electron chi connectivity index (χ0n) is 26.4. The Morgan fingerprint density at radius 3 is 1.22 bits per heavy atom. The molecule has 0 fully saturated rings. The number of hydrogen-bond acceptors (Lipinski definition) is 12. The standard InChI is InChI=1S/C36H28O14/c1-47-27(37)15-21(25-13-11-23(49-25)17-3-7-19(8-4-17)35(43)44)29-31(39)33(41)30(34(42)32(29)40)22(16-28(38)48-2)26-14-12-24(50-26)18-5-9-20(10-6-18)36(45)46/h3-14,21-22,39,42H,15-16H2,1-2H3,(H,43,44)(H,45,46)/t21-,22+. The SMILES string of the molecule is COC(=O)C[C@H](C1=C(O)C(=O)C([C@H](CC(=O)OC)c2ccc(-c3ccc(C(=O)O)cc3)o2)=C(O)C1=O)c1ccc(-c2ccc(C(=O)O)cc2)o1. The van der Waals surface area contributed by atoms with Gasteiger partial charge in [-0.25, -0.2) is 9.59 Å². The summed E-state index contributed by atoms with van der Waals surface area (Å²) in [5.74, 6) is -11.3. The molecule has 2 heterocycles. The molecule has 2 atom stereocenters. The predicted octanol–water partition coefficient (Wildman–Crippen LogP) is 5.37. The molecule has 2 aromatic heterocycles. The zero-order valence-corrected chi connectivity index (χ0v) is 26.4. The lowest BCUT2D eigenvalue weighted by Gasteiger charge is -2.25. The van der Waals surface area contributed by atoms with E-state index in [1.807, 2.05) is 0 Å². The molecule has 4 N–H and O–H groups in total. The van der Waals surface area contributed by atoms with Crippen LogP contribution < -0.4 is 0 Å². The fourth-order valence-corrected chi connectivity index (χ4v) is 5.50. The van der Waals surface area contributed by atoms with Crippen molar-refractivity contribution < 1.29 is 67.5 Å². The van der Waals surface area contributed by atoms with E-state index < -0.39 is 82.8 Å². The van der Waals surface area contributed by atoms with Crippen LogP contribution in [-0.4, -0.2) is 70.1 Å². The Bertz CT molecular complexity index is 1920. The maximum Gasteiger partial charge on any atom is 0.335 e. The van der Waals surface area contributed by atoms with Gasteiger partial charge >= 0.3 is 23.9 Å². The number of carbonyl (C=O) groups is 6. The van der Waals surface area contributed by atoms with E-state index in [9.17, 15) is 49.2 Å². The van der Waals surface area contributed by atoms with Crippen LogP contribution >= 0.6 is 0 Å². The average molecular weight is 685 g/mol.